The van der Waals surface area contributed by atoms with Crippen LogP contribution in [0.25, 0.3) is 0 Å². The molecule has 20 heavy (non-hydrogen) atoms. The molecule has 8 heteroatoms. The lowest BCUT2D eigenvalue weighted by Crippen LogP contribution is -2.25. The molecule has 2 heterocycles. The molecule has 0 saturated carbocycles. The number of anilines is 1. The van der Waals surface area contributed by atoms with Crippen LogP contribution in [-0.2, 0) is 14.3 Å². The van der Waals surface area contributed by atoms with Gasteiger partial charge in [-0.25, -0.2) is 4.79 Å². The third-order valence-corrected chi connectivity index (χ3v) is 4.02. The predicted molar refractivity (Wildman–Crippen MR) is 73.5 cm³/mol. The van der Waals surface area contributed by atoms with Gasteiger partial charge in [0.2, 0.25) is 5.91 Å². The lowest BCUT2D eigenvalue weighted by atomic mass is 10.1. The summed E-state index contributed by atoms with van der Waals surface area (Å²) in [5.41, 5.74) is 0.205. The maximum Gasteiger partial charge on any atom is 0.356 e. The van der Waals surface area contributed by atoms with Crippen LogP contribution in [-0.4, -0.2) is 46.6 Å². The maximum absolute atomic E-state index is 11.9. The minimum Gasteiger partial charge on any atom is -0.464 e. The first-order chi connectivity index (χ1) is 9.51. The summed E-state index contributed by atoms with van der Waals surface area (Å²) in [6.07, 6.45) is 0.390. The molecule has 0 aromatic carbocycles. The van der Waals surface area contributed by atoms with Gasteiger partial charge in [0.15, 0.2) is 10.9 Å². The first kappa shape index (κ1) is 14.6. The number of esters is 1. The molecule has 1 unspecified atom stereocenters. The van der Waals surface area contributed by atoms with Crippen LogP contribution < -0.4 is 4.90 Å². The molecule has 0 aliphatic carbocycles. The number of hydrogen-bond donors (Lipinski definition) is 1. The summed E-state index contributed by atoms with van der Waals surface area (Å²) in [7, 11) is 1.28. The molecular weight excluding hydrogens is 282 g/mol. The van der Waals surface area contributed by atoms with E-state index in [0.29, 0.717) is 24.5 Å². The number of aromatic nitrogens is 2. The van der Waals surface area contributed by atoms with Crippen LogP contribution in [0.2, 0.25) is 0 Å². The van der Waals surface area contributed by atoms with E-state index in [4.69, 9.17) is 0 Å². The molecule has 2 rings (SSSR count). The van der Waals surface area contributed by atoms with Crippen molar-refractivity contribution >= 4 is 34.6 Å². The van der Waals surface area contributed by atoms with E-state index >= 15 is 0 Å². The number of amides is 1. The molecule has 1 N–H and O–H groups in total. The van der Waals surface area contributed by atoms with Gasteiger partial charge in [0.1, 0.15) is 5.69 Å². The molecule has 1 amide bonds. The van der Waals surface area contributed by atoms with Gasteiger partial charge in [-0.2, -0.15) is 5.10 Å². The number of carbonyl (C=O) groups is 3. The van der Waals surface area contributed by atoms with Gasteiger partial charge >= 0.3 is 5.97 Å². The van der Waals surface area contributed by atoms with Crippen molar-refractivity contribution in [3.63, 3.8) is 0 Å². The maximum atomic E-state index is 11.9. The number of methoxy groups -OCH3 is 1. The van der Waals surface area contributed by atoms with Gasteiger partial charge in [0.05, 0.1) is 7.11 Å². The number of H-pyrrole nitrogens is 1. The molecule has 1 fully saturated rings. The minimum atomic E-state index is -0.529. The number of carbonyl (C=O) groups excluding carboxylic acids is 3. The summed E-state index contributed by atoms with van der Waals surface area (Å²) in [5, 5.41) is 6.54. The summed E-state index contributed by atoms with van der Waals surface area (Å²) >= 11 is 1.22. The molecular formula is C12H15N3O4S. The quantitative estimate of drug-likeness (QED) is 0.827. The number of thioether (sulfide) groups is 1. The Morgan fingerprint density at radius 3 is 3.00 bits per heavy atom. The van der Waals surface area contributed by atoms with Gasteiger partial charge in [-0.1, -0.05) is 11.8 Å². The van der Waals surface area contributed by atoms with Crippen molar-refractivity contribution in [3.05, 3.63) is 11.8 Å². The Labute approximate surface area is 120 Å². The SMILES string of the molecule is COC(=O)c1cc(N2CC(CSC(C)=O)CC2=O)n[nH]1. The third-order valence-electron chi connectivity index (χ3n) is 2.97. The fraction of sp³-hybridized carbons (Fsp3) is 0.500. The van der Waals surface area contributed by atoms with E-state index in [9.17, 15) is 14.4 Å². The number of aromatic amines is 1. The second-order valence-electron chi connectivity index (χ2n) is 4.51. The molecule has 1 atom stereocenters. The normalized spacial score (nSPS) is 18.4. The van der Waals surface area contributed by atoms with Gasteiger partial charge in [-0.3, -0.25) is 19.6 Å². The van der Waals surface area contributed by atoms with Crippen molar-refractivity contribution in [2.24, 2.45) is 5.92 Å². The van der Waals surface area contributed by atoms with Gasteiger partial charge in [0, 0.05) is 31.7 Å². The minimum absolute atomic E-state index is 0.0450. The van der Waals surface area contributed by atoms with Crippen LogP contribution in [0.15, 0.2) is 6.07 Å². The average Bonchev–Trinajstić information content (AvgIpc) is 3.01. The topological polar surface area (TPSA) is 92.4 Å². The zero-order chi connectivity index (χ0) is 14.7. The smallest absolute Gasteiger partial charge is 0.356 e. The van der Waals surface area contributed by atoms with Gasteiger partial charge in [0.25, 0.3) is 0 Å². The highest BCUT2D eigenvalue weighted by Gasteiger charge is 2.32. The van der Waals surface area contributed by atoms with Crippen molar-refractivity contribution in [1.29, 1.82) is 0 Å². The Morgan fingerprint density at radius 1 is 1.60 bits per heavy atom. The fourth-order valence-corrected chi connectivity index (χ4v) is 2.71. The van der Waals surface area contributed by atoms with Crippen LogP contribution in [0, 0.1) is 5.92 Å². The Kier molecular flexibility index (Phi) is 4.43. The Bertz CT molecular complexity index is 543. The number of nitrogens with one attached hydrogen (secondary N) is 1. The summed E-state index contributed by atoms with van der Waals surface area (Å²) in [4.78, 5) is 35.7. The van der Waals surface area contributed by atoms with Crippen molar-refractivity contribution in [3.8, 4) is 0 Å². The molecule has 0 radical (unpaired) electrons. The molecule has 7 nitrogen and oxygen atoms in total. The number of rotatable bonds is 4. The van der Waals surface area contributed by atoms with E-state index in [1.807, 2.05) is 0 Å². The number of ether oxygens (including phenoxy) is 1. The van der Waals surface area contributed by atoms with Crippen molar-refractivity contribution < 1.29 is 19.1 Å². The lowest BCUT2D eigenvalue weighted by Gasteiger charge is -2.12. The van der Waals surface area contributed by atoms with Crippen molar-refractivity contribution in [2.45, 2.75) is 13.3 Å². The third kappa shape index (κ3) is 3.19. The summed E-state index contributed by atoms with van der Waals surface area (Å²) in [5.74, 6) is 0.563. The summed E-state index contributed by atoms with van der Waals surface area (Å²) in [6.45, 7) is 2.01. The molecule has 108 valence electrons. The lowest BCUT2D eigenvalue weighted by molar-refractivity contribution is -0.117. The van der Waals surface area contributed by atoms with Crippen LogP contribution in [0.1, 0.15) is 23.8 Å². The second kappa shape index (κ2) is 6.08. The van der Waals surface area contributed by atoms with Crippen LogP contribution in [0.5, 0.6) is 0 Å². The predicted octanol–water partition coefficient (Wildman–Crippen LogP) is 0.829. The monoisotopic (exact) mass is 297 g/mol. The highest BCUT2D eigenvalue weighted by atomic mass is 32.2. The van der Waals surface area contributed by atoms with E-state index in [1.165, 1.54) is 36.8 Å². The van der Waals surface area contributed by atoms with E-state index in [-0.39, 0.29) is 22.6 Å². The second-order valence-corrected chi connectivity index (χ2v) is 5.71. The molecule has 0 bridgehead atoms. The zero-order valence-corrected chi connectivity index (χ0v) is 12.0. The molecule has 1 aliphatic heterocycles. The Hall–Kier alpha value is -1.83. The Balaban J connectivity index is 2.02. The summed E-state index contributed by atoms with van der Waals surface area (Å²) < 4.78 is 4.57. The van der Waals surface area contributed by atoms with Gasteiger partial charge < -0.3 is 4.74 Å². The highest BCUT2D eigenvalue weighted by Crippen LogP contribution is 2.26. The van der Waals surface area contributed by atoms with E-state index in [2.05, 4.69) is 14.9 Å². The molecule has 1 aliphatic rings. The van der Waals surface area contributed by atoms with E-state index in [0.717, 1.165) is 0 Å². The van der Waals surface area contributed by atoms with Crippen LogP contribution in [0.3, 0.4) is 0 Å². The van der Waals surface area contributed by atoms with Gasteiger partial charge in [-0.15, -0.1) is 0 Å². The molecule has 1 saturated heterocycles. The number of hydrogen-bond acceptors (Lipinski definition) is 6. The first-order valence-electron chi connectivity index (χ1n) is 6.08. The largest absolute Gasteiger partial charge is 0.464 e. The average molecular weight is 297 g/mol. The van der Waals surface area contributed by atoms with E-state index in [1.54, 1.807) is 0 Å². The summed E-state index contributed by atoms with van der Waals surface area (Å²) in [6, 6.07) is 1.49. The van der Waals surface area contributed by atoms with Crippen LogP contribution in [0.4, 0.5) is 5.82 Å². The van der Waals surface area contributed by atoms with Gasteiger partial charge in [-0.05, 0) is 5.92 Å². The first-order valence-corrected chi connectivity index (χ1v) is 7.07. The van der Waals surface area contributed by atoms with E-state index < -0.39 is 5.97 Å². The highest BCUT2D eigenvalue weighted by molar-refractivity contribution is 8.13. The fourth-order valence-electron chi connectivity index (χ4n) is 2.01. The molecule has 1 aromatic heterocycles. The van der Waals surface area contributed by atoms with Crippen LogP contribution >= 0.6 is 11.8 Å². The van der Waals surface area contributed by atoms with Crippen molar-refractivity contribution in [1.82, 2.24) is 10.2 Å². The Morgan fingerprint density at radius 2 is 2.35 bits per heavy atom. The standard InChI is InChI=1S/C12H15N3O4S/c1-7(16)20-6-8-3-11(17)15(5-8)10-4-9(13-14-10)12(18)19-2/h4,8H,3,5-6H2,1-2H3,(H,13,14). The number of nitrogens with zero attached hydrogens (tertiary/aromatic N) is 2. The zero-order valence-electron chi connectivity index (χ0n) is 11.2. The molecule has 0 spiro atoms. The molecule has 1 aromatic rings. The van der Waals surface area contributed by atoms with Crippen molar-refractivity contribution in [2.75, 3.05) is 24.3 Å².